The zero-order valence-electron chi connectivity index (χ0n) is 15.0. The predicted octanol–water partition coefficient (Wildman–Crippen LogP) is 6.65. The number of amides is 1. The number of carbonyl (C=O) groups is 1. The first-order chi connectivity index (χ1) is 12.5. The molecule has 0 saturated heterocycles. The Hall–Kier alpha value is -2.10. The fraction of sp³-hybridized carbons (Fsp3) is 0.227. The van der Waals surface area contributed by atoms with Gasteiger partial charge in [0.15, 0.2) is 0 Å². The molecule has 1 amide bonds. The summed E-state index contributed by atoms with van der Waals surface area (Å²) in [6, 6.07) is 20.0. The van der Waals surface area contributed by atoms with Crippen LogP contribution in [0.4, 0.5) is 5.69 Å². The lowest BCUT2D eigenvalue weighted by molar-refractivity contribution is -0.119. The fourth-order valence-electron chi connectivity index (χ4n) is 2.78. The van der Waals surface area contributed by atoms with Crippen molar-refractivity contribution in [1.29, 1.82) is 0 Å². The molecule has 1 heterocycles. The van der Waals surface area contributed by atoms with Crippen molar-refractivity contribution in [3.05, 3.63) is 76.6 Å². The molecule has 134 valence electrons. The normalized spacial score (nSPS) is 10.9. The maximum Gasteiger partial charge on any atom is 0.227 e. The molecule has 26 heavy (non-hydrogen) atoms. The molecule has 4 heteroatoms. The van der Waals surface area contributed by atoms with Crippen LogP contribution in [0.1, 0.15) is 25.8 Å². The van der Waals surface area contributed by atoms with Gasteiger partial charge >= 0.3 is 0 Å². The molecule has 0 aliphatic heterocycles. The third kappa shape index (κ3) is 4.75. The van der Waals surface area contributed by atoms with Crippen LogP contribution in [0.15, 0.2) is 66.0 Å². The number of halogens is 1. The van der Waals surface area contributed by atoms with Gasteiger partial charge in [0.1, 0.15) is 0 Å². The zero-order chi connectivity index (χ0) is 18.5. The summed E-state index contributed by atoms with van der Waals surface area (Å²) in [6.45, 7) is 4.69. The molecular formula is C22H22ClNOS. The van der Waals surface area contributed by atoms with Crippen LogP contribution in [0.25, 0.3) is 10.4 Å². The van der Waals surface area contributed by atoms with Crippen molar-refractivity contribution >= 4 is 34.5 Å². The van der Waals surface area contributed by atoms with Gasteiger partial charge in [0.05, 0.1) is 12.2 Å². The van der Waals surface area contributed by atoms with E-state index in [1.54, 1.807) is 11.3 Å². The third-order valence-electron chi connectivity index (χ3n) is 4.09. The van der Waals surface area contributed by atoms with E-state index in [-0.39, 0.29) is 5.91 Å². The van der Waals surface area contributed by atoms with E-state index in [2.05, 4.69) is 37.4 Å². The molecule has 3 rings (SSSR count). The molecule has 0 bridgehead atoms. The van der Waals surface area contributed by atoms with Gasteiger partial charge in [0.2, 0.25) is 5.91 Å². The summed E-state index contributed by atoms with van der Waals surface area (Å²) in [5.41, 5.74) is 3.19. The van der Waals surface area contributed by atoms with Crippen LogP contribution in [-0.2, 0) is 11.3 Å². The van der Waals surface area contributed by atoms with E-state index in [0.29, 0.717) is 23.9 Å². The number of rotatable bonds is 6. The second-order valence-electron chi connectivity index (χ2n) is 6.74. The summed E-state index contributed by atoms with van der Waals surface area (Å²) >= 11 is 7.65. The van der Waals surface area contributed by atoms with Crippen LogP contribution in [0.5, 0.6) is 0 Å². The Labute approximate surface area is 164 Å². The van der Waals surface area contributed by atoms with Crippen molar-refractivity contribution in [1.82, 2.24) is 0 Å². The minimum Gasteiger partial charge on any atom is -0.307 e. The van der Waals surface area contributed by atoms with Crippen molar-refractivity contribution in [2.75, 3.05) is 4.90 Å². The third-order valence-corrected chi connectivity index (χ3v) is 5.31. The molecule has 0 atom stereocenters. The molecule has 0 aliphatic rings. The highest BCUT2D eigenvalue weighted by atomic mass is 35.5. The van der Waals surface area contributed by atoms with Crippen molar-refractivity contribution in [2.24, 2.45) is 5.92 Å². The van der Waals surface area contributed by atoms with Crippen LogP contribution >= 0.6 is 22.9 Å². The van der Waals surface area contributed by atoms with E-state index < -0.39 is 0 Å². The Balaban J connectivity index is 1.88. The lowest BCUT2D eigenvalue weighted by Crippen LogP contribution is -2.30. The maximum atomic E-state index is 12.9. The van der Waals surface area contributed by atoms with Crippen molar-refractivity contribution in [3.63, 3.8) is 0 Å². The Kier molecular flexibility index (Phi) is 6.12. The number of anilines is 1. The average Bonchev–Trinajstić information content (AvgIpc) is 3.11. The number of carbonyl (C=O) groups excluding carboxylic acids is 1. The van der Waals surface area contributed by atoms with E-state index in [4.69, 9.17) is 11.6 Å². The summed E-state index contributed by atoms with van der Waals surface area (Å²) in [5, 5.41) is 2.77. The molecule has 0 fully saturated rings. The van der Waals surface area contributed by atoms with Crippen LogP contribution in [0, 0.1) is 5.92 Å². The second-order valence-corrected chi connectivity index (χ2v) is 8.09. The summed E-state index contributed by atoms with van der Waals surface area (Å²) in [7, 11) is 0. The highest BCUT2D eigenvalue weighted by Crippen LogP contribution is 2.33. The SMILES string of the molecule is CC(C)CC(=O)N(Cc1ccc(Cl)cc1)c1csc(-c2ccccc2)c1. The van der Waals surface area contributed by atoms with Gasteiger partial charge in [-0.1, -0.05) is 67.9 Å². The van der Waals surface area contributed by atoms with Gasteiger partial charge in [-0.2, -0.15) is 0 Å². The lowest BCUT2D eigenvalue weighted by atomic mass is 10.1. The largest absolute Gasteiger partial charge is 0.307 e. The Morgan fingerprint density at radius 1 is 1.08 bits per heavy atom. The van der Waals surface area contributed by atoms with Crippen molar-refractivity contribution in [3.8, 4) is 10.4 Å². The number of thiophene rings is 1. The Morgan fingerprint density at radius 3 is 2.42 bits per heavy atom. The zero-order valence-corrected chi connectivity index (χ0v) is 16.6. The number of hydrogen-bond acceptors (Lipinski definition) is 2. The summed E-state index contributed by atoms with van der Waals surface area (Å²) in [6.07, 6.45) is 0.532. The molecule has 3 aromatic rings. The molecule has 0 saturated carbocycles. The fourth-order valence-corrected chi connectivity index (χ4v) is 3.81. The average molecular weight is 384 g/mol. The monoisotopic (exact) mass is 383 g/mol. The van der Waals surface area contributed by atoms with Gasteiger partial charge < -0.3 is 4.90 Å². The van der Waals surface area contributed by atoms with Crippen LogP contribution in [0.2, 0.25) is 5.02 Å². The minimum atomic E-state index is 0.146. The van der Waals surface area contributed by atoms with Crippen LogP contribution in [-0.4, -0.2) is 5.91 Å². The topological polar surface area (TPSA) is 20.3 Å². The van der Waals surface area contributed by atoms with Crippen molar-refractivity contribution in [2.45, 2.75) is 26.8 Å². The first-order valence-electron chi connectivity index (χ1n) is 8.71. The van der Waals surface area contributed by atoms with Crippen LogP contribution < -0.4 is 4.90 Å². The lowest BCUT2D eigenvalue weighted by Gasteiger charge is -2.23. The molecule has 2 nitrogen and oxygen atoms in total. The molecule has 0 radical (unpaired) electrons. The molecule has 1 aromatic heterocycles. The number of nitrogens with zero attached hydrogens (tertiary/aromatic N) is 1. The minimum absolute atomic E-state index is 0.146. The van der Waals surface area contributed by atoms with E-state index in [9.17, 15) is 4.79 Å². The Morgan fingerprint density at radius 2 is 1.77 bits per heavy atom. The first kappa shape index (κ1) is 18.7. The van der Waals surface area contributed by atoms with Crippen molar-refractivity contribution < 1.29 is 4.79 Å². The molecule has 0 spiro atoms. The standard InChI is InChI=1S/C22H22ClNOS/c1-16(2)12-22(25)24(14-17-8-10-19(23)11-9-17)20-13-21(26-15-20)18-6-4-3-5-7-18/h3-11,13,15-16H,12,14H2,1-2H3. The first-order valence-corrected chi connectivity index (χ1v) is 9.97. The number of hydrogen-bond donors (Lipinski definition) is 0. The Bertz CT molecular complexity index is 855. The van der Waals surface area contributed by atoms with Gasteiger partial charge in [-0.05, 0) is 35.2 Å². The molecule has 2 aromatic carbocycles. The maximum absolute atomic E-state index is 12.9. The van der Waals surface area contributed by atoms with Gasteiger partial charge in [-0.25, -0.2) is 0 Å². The number of benzene rings is 2. The van der Waals surface area contributed by atoms with E-state index in [1.807, 2.05) is 47.4 Å². The molecule has 0 aliphatic carbocycles. The summed E-state index contributed by atoms with van der Waals surface area (Å²) in [5.74, 6) is 0.467. The smallest absolute Gasteiger partial charge is 0.227 e. The van der Waals surface area contributed by atoms with Gasteiger partial charge in [-0.3, -0.25) is 4.79 Å². The van der Waals surface area contributed by atoms with E-state index in [0.717, 1.165) is 11.3 Å². The molecule has 0 unspecified atom stereocenters. The predicted molar refractivity (Wildman–Crippen MR) is 112 cm³/mol. The summed E-state index contributed by atoms with van der Waals surface area (Å²) in [4.78, 5) is 15.9. The van der Waals surface area contributed by atoms with E-state index in [1.165, 1.54) is 10.4 Å². The van der Waals surface area contributed by atoms with Crippen LogP contribution in [0.3, 0.4) is 0 Å². The van der Waals surface area contributed by atoms with Gasteiger partial charge in [0, 0.05) is 21.7 Å². The molecule has 0 N–H and O–H groups in total. The summed E-state index contributed by atoms with van der Waals surface area (Å²) < 4.78 is 0. The molecular weight excluding hydrogens is 362 g/mol. The second kappa shape index (κ2) is 8.52. The quantitative estimate of drug-likeness (QED) is 0.466. The van der Waals surface area contributed by atoms with Gasteiger partial charge in [0.25, 0.3) is 0 Å². The van der Waals surface area contributed by atoms with Gasteiger partial charge in [-0.15, -0.1) is 11.3 Å². The van der Waals surface area contributed by atoms with E-state index >= 15 is 0 Å². The highest BCUT2D eigenvalue weighted by Gasteiger charge is 2.19. The highest BCUT2D eigenvalue weighted by molar-refractivity contribution is 7.14.